The van der Waals surface area contributed by atoms with Crippen molar-refractivity contribution in [3.63, 3.8) is 0 Å². The molecule has 0 saturated heterocycles. The third-order valence-corrected chi connectivity index (χ3v) is 8.35. The molecule has 0 atom stereocenters. The van der Waals surface area contributed by atoms with Crippen molar-refractivity contribution in [1.29, 1.82) is 0 Å². The van der Waals surface area contributed by atoms with E-state index in [1.54, 1.807) is 4.73 Å². The van der Waals surface area contributed by atoms with Gasteiger partial charge in [-0.15, -0.1) is 21.9 Å². The van der Waals surface area contributed by atoms with Gasteiger partial charge in [-0.1, -0.05) is 24.3 Å². The molecule has 0 aliphatic carbocycles. The molecule has 0 amide bonds. The molecule has 0 aliphatic rings. The molecule has 2 nitrogen and oxygen atoms in total. The van der Waals surface area contributed by atoms with E-state index in [4.69, 9.17) is 4.84 Å². The summed E-state index contributed by atoms with van der Waals surface area (Å²) in [4.78, 5) is 5.50. The van der Waals surface area contributed by atoms with Gasteiger partial charge in [-0.2, -0.15) is 0 Å². The highest BCUT2D eigenvalue weighted by atomic mass is 19.2. The molecule has 0 radical (unpaired) electrons. The highest BCUT2D eigenvalue weighted by molar-refractivity contribution is 7.20. The molecule has 0 N–H and O–H groups in total. The SMILES string of the molecule is Fc1c(F)c(F)c([B-](c2c(F)c(F)c(F)c(F)c2F)(c2c(F)c(F)c(F)c(F)c2F)c2c(F)c(F)c(F)c(F)c2F)c(F)c1F.c1ccc(O[n+]2ccccc2)cc1. The molecule has 0 bridgehead atoms. The predicted molar refractivity (Wildman–Crippen MR) is 158 cm³/mol. The summed E-state index contributed by atoms with van der Waals surface area (Å²) in [5.41, 5.74) is -14.3. The standard InChI is InChI=1S/C24BF20.C11H10NO/c26-5-1(6(27)14(35)21(42)13(5)34)25(2-7(28)15(36)22(43)16(37)8(2)29,3-9(30)17(38)23(44)18(39)10(3)31)4-11(32)19(40)24(45)20(41)12(4)33;1-3-7-11(8-4-1)13-12-9-5-2-6-10-12/h;1-10H/q-1;+1. The van der Waals surface area contributed by atoms with Gasteiger partial charge in [-0.05, 0) is 12.1 Å². The minimum atomic E-state index is -7.22. The van der Waals surface area contributed by atoms with Crippen molar-refractivity contribution in [3.8, 4) is 5.75 Å². The third-order valence-electron chi connectivity index (χ3n) is 8.35. The van der Waals surface area contributed by atoms with Crippen LogP contribution in [0.4, 0.5) is 87.8 Å². The van der Waals surface area contributed by atoms with Crippen molar-refractivity contribution >= 4 is 28.0 Å². The lowest BCUT2D eigenvalue weighted by atomic mass is 9.12. The molecule has 0 aliphatic heterocycles. The van der Waals surface area contributed by atoms with Crippen molar-refractivity contribution in [3.05, 3.63) is 177 Å². The molecule has 5 aromatic carbocycles. The van der Waals surface area contributed by atoms with E-state index < -0.39 is 144 Å². The number of halogens is 20. The first-order valence-electron chi connectivity index (χ1n) is 15.1. The van der Waals surface area contributed by atoms with Gasteiger partial charge in [0.05, 0.1) is 0 Å². The molecular formula is C35H10BF20NO. The molecule has 1 aromatic heterocycles. The maximum atomic E-state index is 15.4. The molecule has 0 spiro atoms. The van der Waals surface area contributed by atoms with Crippen molar-refractivity contribution in [2.75, 3.05) is 0 Å². The van der Waals surface area contributed by atoms with Crippen LogP contribution in [0.3, 0.4) is 0 Å². The lowest BCUT2D eigenvalue weighted by molar-refractivity contribution is -0.875. The smallest absolute Gasteiger partial charge is 0.223 e. The molecule has 6 rings (SSSR count). The summed E-state index contributed by atoms with van der Waals surface area (Å²) in [5, 5.41) is 0. The summed E-state index contributed by atoms with van der Waals surface area (Å²) in [6, 6.07) is 15.5. The van der Waals surface area contributed by atoms with Crippen molar-refractivity contribution in [2.24, 2.45) is 0 Å². The first-order chi connectivity index (χ1) is 27.2. The normalized spacial score (nSPS) is 11.4. The predicted octanol–water partition coefficient (Wildman–Crippen LogP) is 7.66. The molecule has 1 heterocycles. The minimum absolute atomic E-state index is 0.832. The van der Waals surface area contributed by atoms with Gasteiger partial charge in [0.25, 0.3) is 0 Å². The fourth-order valence-corrected chi connectivity index (χ4v) is 5.92. The first-order valence-corrected chi connectivity index (χ1v) is 15.1. The zero-order valence-corrected chi connectivity index (χ0v) is 27.3. The van der Waals surface area contributed by atoms with Gasteiger partial charge < -0.3 is 0 Å². The van der Waals surface area contributed by atoms with E-state index in [9.17, 15) is 52.7 Å². The van der Waals surface area contributed by atoms with Gasteiger partial charge in [-0.25, -0.2) is 92.6 Å². The second kappa shape index (κ2) is 15.9. The van der Waals surface area contributed by atoms with Crippen LogP contribution in [0.2, 0.25) is 0 Å². The molecule has 0 unspecified atom stereocenters. The van der Waals surface area contributed by atoms with Gasteiger partial charge in [0.15, 0.2) is 69.8 Å². The number of benzene rings is 5. The number of rotatable bonds is 6. The van der Waals surface area contributed by atoms with Crippen molar-refractivity contribution in [1.82, 2.24) is 0 Å². The quantitative estimate of drug-likeness (QED) is 0.0552. The monoisotopic (exact) mass is 851 g/mol. The molecule has 0 saturated carbocycles. The Kier molecular flexibility index (Phi) is 11.8. The molecule has 304 valence electrons. The van der Waals surface area contributed by atoms with E-state index in [0.717, 1.165) is 5.75 Å². The van der Waals surface area contributed by atoms with Crippen LogP contribution >= 0.6 is 0 Å². The second-order valence-electron chi connectivity index (χ2n) is 11.4. The Labute approximate surface area is 308 Å². The topological polar surface area (TPSA) is 13.1 Å². The number of pyridine rings is 1. The average molecular weight is 851 g/mol. The zero-order chi connectivity index (χ0) is 43.3. The van der Waals surface area contributed by atoms with Gasteiger partial charge in [0.1, 0.15) is 52.7 Å². The maximum absolute atomic E-state index is 15.4. The van der Waals surface area contributed by atoms with Crippen LogP contribution in [-0.4, -0.2) is 6.15 Å². The van der Waals surface area contributed by atoms with Gasteiger partial charge in [-0.3, -0.25) is 0 Å². The van der Waals surface area contributed by atoms with Gasteiger partial charge in [0, 0.05) is 16.9 Å². The molecule has 58 heavy (non-hydrogen) atoms. The number of hydrogen-bond acceptors (Lipinski definition) is 1. The summed E-state index contributed by atoms with van der Waals surface area (Å²) in [7, 11) is 0. The highest BCUT2D eigenvalue weighted by Crippen LogP contribution is 2.30. The van der Waals surface area contributed by atoms with E-state index in [2.05, 4.69) is 0 Å². The highest BCUT2D eigenvalue weighted by Gasteiger charge is 2.52. The molecular weight excluding hydrogens is 841 g/mol. The van der Waals surface area contributed by atoms with E-state index in [-0.39, 0.29) is 0 Å². The first kappa shape index (κ1) is 42.8. The summed E-state index contributed by atoms with van der Waals surface area (Å²) in [6.07, 6.45) is -3.51. The summed E-state index contributed by atoms with van der Waals surface area (Å²) in [6.45, 7) is 0. The fraction of sp³-hybridized carbons (Fsp3) is 0. The number of nitrogens with zero attached hydrogens (tertiary/aromatic N) is 1. The second-order valence-corrected chi connectivity index (χ2v) is 11.4. The average Bonchev–Trinajstić information content (AvgIpc) is 3.21. The van der Waals surface area contributed by atoms with E-state index in [0.29, 0.717) is 0 Å². The Morgan fingerprint density at radius 1 is 0.276 bits per heavy atom. The zero-order valence-electron chi connectivity index (χ0n) is 27.3. The number of hydrogen-bond donors (Lipinski definition) is 0. The van der Waals surface area contributed by atoms with Crippen molar-refractivity contribution in [2.45, 2.75) is 0 Å². The molecule has 0 fully saturated rings. The Balaban J connectivity index is 0.000000414. The Morgan fingerprint density at radius 3 is 0.724 bits per heavy atom. The Morgan fingerprint density at radius 2 is 0.483 bits per heavy atom. The lowest BCUT2D eigenvalue weighted by Gasteiger charge is -2.44. The number of para-hydroxylation sites is 1. The third kappa shape index (κ3) is 6.60. The van der Waals surface area contributed by atoms with E-state index >= 15 is 35.1 Å². The van der Waals surface area contributed by atoms with Gasteiger partial charge >= 0.3 is 0 Å². The summed E-state index contributed by atoms with van der Waals surface area (Å²) in [5.74, 6) is -70.6. The Bertz CT molecular complexity index is 2170. The molecule has 23 heteroatoms. The Hall–Kier alpha value is -6.29. The minimum Gasteiger partial charge on any atom is -0.232 e. The van der Waals surface area contributed by atoms with Crippen LogP contribution in [0, 0.1) is 116 Å². The summed E-state index contributed by atoms with van der Waals surface area (Å²) >= 11 is 0. The fourth-order valence-electron chi connectivity index (χ4n) is 5.92. The van der Waals surface area contributed by atoms with Crippen molar-refractivity contribution < 1.29 is 97.4 Å². The van der Waals surface area contributed by atoms with Gasteiger partial charge in [0.2, 0.25) is 18.1 Å². The lowest BCUT2D eigenvalue weighted by Crippen LogP contribution is -2.81. The largest absolute Gasteiger partial charge is 0.232 e. The van der Waals surface area contributed by atoms with Crippen LogP contribution < -0.4 is 31.4 Å². The van der Waals surface area contributed by atoms with Crippen LogP contribution in [0.1, 0.15) is 0 Å². The van der Waals surface area contributed by atoms with Crippen LogP contribution in [0.25, 0.3) is 0 Å². The maximum Gasteiger partial charge on any atom is 0.223 e. The molecule has 6 aromatic rings. The van der Waals surface area contributed by atoms with E-state index in [1.807, 2.05) is 60.9 Å². The summed E-state index contributed by atoms with van der Waals surface area (Å²) < 4.78 is 296. The van der Waals surface area contributed by atoms with Crippen LogP contribution in [0.15, 0.2) is 60.9 Å². The number of aromatic nitrogens is 1. The van der Waals surface area contributed by atoms with Crippen LogP contribution in [0.5, 0.6) is 5.75 Å². The van der Waals surface area contributed by atoms with Crippen LogP contribution in [-0.2, 0) is 0 Å². The van der Waals surface area contributed by atoms with E-state index in [1.165, 1.54) is 0 Å².